The second kappa shape index (κ2) is 7.31. The van der Waals surface area contributed by atoms with Crippen molar-refractivity contribution in [1.82, 2.24) is 9.55 Å². The average Bonchev–Trinajstić information content (AvgIpc) is 2.96. The number of carbonyl (C=O) groups is 1. The van der Waals surface area contributed by atoms with E-state index >= 15 is 0 Å². The standard InChI is InChI=1S/C16H21N3OS/c1-4-18-12-11-17-16(18)21-13(3)15(20)19(5-2)14-9-7-6-8-10-14/h6-13H,4-5H2,1-3H3. The van der Waals surface area contributed by atoms with Crippen molar-refractivity contribution in [2.24, 2.45) is 0 Å². The van der Waals surface area contributed by atoms with Gasteiger partial charge in [0.2, 0.25) is 5.91 Å². The number of para-hydroxylation sites is 1. The first-order valence-corrected chi connectivity index (χ1v) is 8.09. The first-order valence-electron chi connectivity index (χ1n) is 7.21. The van der Waals surface area contributed by atoms with Crippen LogP contribution in [0.25, 0.3) is 0 Å². The topological polar surface area (TPSA) is 38.1 Å². The molecule has 0 saturated carbocycles. The van der Waals surface area contributed by atoms with Crippen LogP contribution in [0.2, 0.25) is 0 Å². The van der Waals surface area contributed by atoms with Gasteiger partial charge in [0.25, 0.3) is 0 Å². The molecule has 2 aromatic rings. The molecule has 0 aliphatic carbocycles. The summed E-state index contributed by atoms with van der Waals surface area (Å²) in [5.74, 6) is 0.111. The Balaban J connectivity index is 2.11. The van der Waals surface area contributed by atoms with Crippen molar-refractivity contribution in [3.05, 3.63) is 42.7 Å². The zero-order valence-corrected chi connectivity index (χ0v) is 13.5. The van der Waals surface area contributed by atoms with Gasteiger partial charge in [0.1, 0.15) is 0 Å². The number of aromatic nitrogens is 2. The summed E-state index contributed by atoms with van der Waals surface area (Å²) in [5, 5.41) is 0.723. The van der Waals surface area contributed by atoms with E-state index in [1.165, 1.54) is 11.8 Å². The molecule has 1 heterocycles. The lowest BCUT2D eigenvalue weighted by atomic mass is 10.2. The minimum atomic E-state index is -0.169. The van der Waals surface area contributed by atoms with Gasteiger partial charge in [-0.2, -0.15) is 0 Å². The fourth-order valence-electron chi connectivity index (χ4n) is 2.16. The number of amides is 1. The third-order valence-corrected chi connectivity index (χ3v) is 4.40. The molecule has 2 rings (SSSR count). The van der Waals surface area contributed by atoms with E-state index in [9.17, 15) is 4.79 Å². The smallest absolute Gasteiger partial charge is 0.240 e. The minimum Gasteiger partial charge on any atom is -0.326 e. The van der Waals surface area contributed by atoms with E-state index in [1.54, 1.807) is 6.20 Å². The summed E-state index contributed by atoms with van der Waals surface area (Å²) in [6.07, 6.45) is 3.71. The zero-order chi connectivity index (χ0) is 15.2. The van der Waals surface area contributed by atoms with Crippen molar-refractivity contribution < 1.29 is 4.79 Å². The molecular formula is C16H21N3OS. The molecule has 0 fully saturated rings. The molecular weight excluding hydrogens is 282 g/mol. The normalized spacial score (nSPS) is 12.1. The number of nitrogens with zero attached hydrogens (tertiary/aromatic N) is 3. The maximum absolute atomic E-state index is 12.7. The van der Waals surface area contributed by atoms with Gasteiger partial charge in [-0.15, -0.1) is 0 Å². The van der Waals surface area contributed by atoms with Crippen LogP contribution in [0.3, 0.4) is 0 Å². The lowest BCUT2D eigenvalue weighted by Crippen LogP contribution is -2.36. The molecule has 0 N–H and O–H groups in total. The highest BCUT2D eigenvalue weighted by Crippen LogP contribution is 2.25. The van der Waals surface area contributed by atoms with Crippen molar-refractivity contribution in [3.63, 3.8) is 0 Å². The van der Waals surface area contributed by atoms with Crippen LogP contribution >= 0.6 is 11.8 Å². The molecule has 0 saturated heterocycles. The van der Waals surface area contributed by atoms with Gasteiger partial charge in [0, 0.05) is 31.2 Å². The first kappa shape index (κ1) is 15.6. The van der Waals surface area contributed by atoms with Gasteiger partial charge < -0.3 is 9.47 Å². The fourth-order valence-corrected chi connectivity index (χ4v) is 3.15. The molecule has 0 aliphatic rings. The summed E-state index contributed by atoms with van der Waals surface area (Å²) in [4.78, 5) is 18.8. The molecule has 1 aromatic carbocycles. The summed E-state index contributed by atoms with van der Waals surface area (Å²) in [6.45, 7) is 7.53. The Kier molecular flexibility index (Phi) is 5.44. The van der Waals surface area contributed by atoms with Crippen LogP contribution in [0, 0.1) is 0 Å². The number of imidazole rings is 1. The van der Waals surface area contributed by atoms with Crippen LogP contribution in [0.5, 0.6) is 0 Å². The van der Waals surface area contributed by atoms with Crippen molar-refractivity contribution in [3.8, 4) is 0 Å². The molecule has 0 spiro atoms. The van der Waals surface area contributed by atoms with Crippen LogP contribution in [-0.4, -0.2) is 27.3 Å². The van der Waals surface area contributed by atoms with Gasteiger partial charge in [-0.1, -0.05) is 30.0 Å². The Morgan fingerprint density at radius 3 is 2.67 bits per heavy atom. The van der Waals surface area contributed by atoms with Gasteiger partial charge in [-0.25, -0.2) is 4.98 Å². The summed E-state index contributed by atoms with van der Waals surface area (Å²) >= 11 is 1.51. The van der Waals surface area contributed by atoms with Gasteiger partial charge >= 0.3 is 0 Å². The van der Waals surface area contributed by atoms with Crippen LogP contribution in [0.4, 0.5) is 5.69 Å². The van der Waals surface area contributed by atoms with E-state index in [0.29, 0.717) is 6.54 Å². The van der Waals surface area contributed by atoms with Crippen LogP contribution in [0.15, 0.2) is 47.9 Å². The molecule has 112 valence electrons. The molecule has 21 heavy (non-hydrogen) atoms. The molecule has 5 heteroatoms. The highest BCUT2D eigenvalue weighted by atomic mass is 32.2. The van der Waals surface area contributed by atoms with E-state index in [2.05, 4.69) is 11.9 Å². The van der Waals surface area contributed by atoms with E-state index in [4.69, 9.17) is 0 Å². The Labute approximate surface area is 130 Å². The Bertz CT molecular complexity index is 582. The fraction of sp³-hybridized carbons (Fsp3) is 0.375. The van der Waals surface area contributed by atoms with Gasteiger partial charge in [0.05, 0.1) is 5.25 Å². The number of carbonyl (C=O) groups excluding carboxylic acids is 1. The average molecular weight is 303 g/mol. The summed E-state index contributed by atoms with van der Waals surface area (Å²) in [6, 6.07) is 9.79. The van der Waals surface area contributed by atoms with Gasteiger partial charge in [-0.05, 0) is 32.9 Å². The van der Waals surface area contributed by atoms with Crippen LogP contribution in [0.1, 0.15) is 20.8 Å². The van der Waals surface area contributed by atoms with Crippen molar-refractivity contribution in [1.29, 1.82) is 0 Å². The number of thioether (sulfide) groups is 1. The Hall–Kier alpha value is -1.75. The third-order valence-electron chi connectivity index (χ3n) is 3.30. The second-order valence-electron chi connectivity index (χ2n) is 4.67. The van der Waals surface area contributed by atoms with Crippen LogP contribution in [-0.2, 0) is 11.3 Å². The van der Waals surface area contributed by atoms with Gasteiger partial charge in [0.15, 0.2) is 5.16 Å². The Morgan fingerprint density at radius 1 is 1.33 bits per heavy atom. The lowest BCUT2D eigenvalue weighted by molar-refractivity contribution is -0.117. The van der Waals surface area contributed by atoms with Crippen molar-refractivity contribution >= 4 is 23.4 Å². The molecule has 1 aromatic heterocycles. The van der Waals surface area contributed by atoms with E-state index in [0.717, 1.165) is 17.4 Å². The zero-order valence-electron chi connectivity index (χ0n) is 12.7. The predicted octanol–water partition coefficient (Wildman–Crippen LogP) is 3.44. The highest BCUT2D eigenvalue weighted by Gasteiger charge is 2.23. The van der Waals surface area contributed by atoms with Gasteiger partial charge in [-0.3, -0.25) is 4.79 Å². The summed E-state index contributed by atoms with van der Waals surface area (Å²) in [5.41, 5.74) is 0.941. The summed E-state index contributed by atoms with van der Waals surface area (Å²) in [7, 11) is 0. The largest absolute Gasteiger partial charge is 0.326 e. The number of aryl methyl sites for hydroxylation is 1. The number of hydrogen-bond donors (Lipinski definition) is 0. The first-order chi connectivity index (χ1) is 10.2. The lowest BCUT2D eigenvalue weighted by Gasteiger charge is -2.24. The number of benzene rings is 1. The Morgan fingerprint density at radius 2 is 2.05 bits per heavy atom. The molecule has 0 radical (unpaired) electrons. The summed E-state index contributed by atoms with van der Waals surface area (Å²) < 4.78 is 2.05. The monoisotopic (exact) mass is 303 g/mol. The third kappa shape index (κ3) is 3.67. The minimum absolute atomic E-state index is 0.111. The molecule has 0 bridgehead atoms. The number of hydrogen-bond acceptors (Lipinski definition) is 3. The van der Waals surface area contributed by atoms with Crippen molar-refractivity contribution in [2.75, 3.05) is 11.4 Å². The maximum Gasteiger partial charge on any atom is 0.240 e. The number of rotatable bonds is 6. The molecule has 1 unspecified atom stereocenters. The van der Waals surface area contributed by atoms with E-state index in [1.807, 2.05) is 59.8 Å². The molecule has 1 amide bonds. The van der Waals surface area contributed by atoms with Crippen LogP contribution < -0.4 is 4.90 Å². The second-order valence-corrected chi connectivity index (χ2v) is 5.98. The van der Waals surface area contributed by atoms with E-state index in [-0.39, 0.29) is 11.2 Å². The van der Waals surface area contributed by atoms with Crippen molar-refractivity contribution in [2.45, 2.75) is 37.7 Å². The van der Waals surface area contributed by atoms with E-state index < -0.39 is 0 Å². The predicted molar refractivity (Wildman–Crippen MR) is 87.7 cm³/mol. The number of anilines is 1. The quantitative estimate of drug-likeness (QED) is 0.767. The maximum atomic E-state index is 12.7. The molecule has 0 aliphatic heterocycles. The molecule has 1 atom stereocenters. The SMILES string of the molecule is CCN(C(=O)C(C)Sc1nccn1CC)c1ccccc1. The molecule has 4 nitrogen and oxygen atoms in total. The highest BCUT2D eigenvalue weighted by molar-refractivity contribution is 8.00.